The van der Waals surface area contributed by atoms with Gasteiger partial charge in [-0.2, -0.15) is 0 Å². The summed E-state index contributed by atoms with van der Waals surface area (Å²) in [5.74, 6) is 3.93. The topological polar surface area (TPSA) is 82.0 Å². The molecule has 0 atom stereocenters. The number of rotatable bonds is 9. The van der Waals surface area contributed by atoms with E-state index in [1.807, 2.05) is 42.5 Å². The Hall–Kier alpha value is -3.45. The molecule has 0 amide bonds. The van der Waals surface area contributed by atoms with Gasteiger partial charge < -0.3 is 27.2 Å². The molecule has 0 saturated carbocycles. The van der Waals surface area contributed by atoms with Crippen LogP contribution in [0.15, 0.2) is 67.3 Å². The summed E-state index contributed by atoms with van der Waals surface area (Å²) in [6, 6.07) is 15.0. The van der Waals surface area contributed by atoms with Crippen molar-refractivity contribution in [1.29, 1.82) is 0 Å². The van der Waals surface area contributed by atoms with Crippen molar-refractivity contribution in [3.63, 3.8) is 0 Å². The van der Waals surface area contributed by atoms with Crippen LogP contribution < -0.4 is 27.2 Å². The third kappa shape index (κ3) is 6.28. The van der Waals surface area contributed by atoms with Crippen molar-refractivity contribution >= 4 is 22.5 Å². The molecule has 0 unspecified atom stereocenters. The second-order valence-electron chi connectivity index (χ2n) is 7.56. The summed E-state index contributed by atoms with van der Waals surface area (Å²) in [6.45, 7) is 5.12. The number of fused-ring (bicyclic) bond motifs is 1. The highest BCUT2D eigenvalue weighted by Crippen LogP contribution is 2.28. The van der Waals surface area contributed by atoms with Gasteiger partial charge in [0.25, 0.3) is 0 Å². The first kappa shape index (κ1) is 23.2. The molecule has 3 heterocycles. The SMILES string of the molecule is CC(C)CCCOc1ccc(Oc2ccc3ncnc(Nc4ccccn4)c3c2)nc1.[Cl-]. The molecule has 0 fully saturated rings. The van der Waals surface area contributed by atoms with Crippen LogP contribution in [-0.2, 0) is 0 Å². The molecule has 1 aromatic carbocycles. The zero-order valence-electron chi connectivity index (χ0n) is 18.0. The maximum atomic E-state index is 5.94. The number of halogens is 1. The lowest BCUT2D eigenvalue weighted by Crippen LogP contribution is -3.00. The number of anilines is 2. The third-order valence-electron chi connectivity index (χ3n) is 4.64. The lowest BCUT2D eigenvalue weighted by atomic mass is 10.1. The number of ether oxygens (including phenoxy) is 2. The van der Waals surface area contributed by atoms with Crippen LogP contribution >= 0.6 is 0 Å². The van der Waals surface area contributed by atoms with Crippen LogP contribution in [-0.4, -0.2) is 26.5 Å². The van der Waals surface area contributed by atoms with E-state index < -0.39 is 0 Å². The summed E-state index contributed by atoms with van der Waals surface area (Å²) >= 11 is 0. The van der Waals surface area contributed by atoms with Crippen LogP contribution in [0.25, 0.3) is 10.9 Å². The molecule has 1 N–H and O–H groups in total. The fraction of sp³-hybridized carbons (Fsp3) is 0.250. The molecule has 4 aromatic rings. The molecule has 0 radical (unpaired) electrons. The van der Waals surface area contributed by atoms with Crippen molar-refractivity contribution in [3.8, 4) is 17.4 Å². The predicted molar refractivity (Wildman–Crippen MR) is 121 cm³/mol. The van der Waals surface area contributed by atoms with Crippen molar-refractivity contribution < 1.29 is 21.9 Å². The van der Waals surface area contributed by atoms with Crippen LogP contribution in [0, 0.1) is 5.92 Å². The number of hydrogen-bond acceptors (Lipinski definition) is 7. The van der Waals surface area contributed by atoms with E-state index in [9.17, 15) is 0 Å². The van der Waals surface area contributed by atoms with Gasteiger partial charge in [-0.15, -0.1) is 0 Å². The molecule has 0 aliphatic carbocycles. The number of nitrogens with zero attached hydrogens (tertiary/aromatic N) is 4. The average molecular weight is 451 g/mol. The van der Waals surface area contributed by atoms with Gasteiger partial charge in [-0.05, 0) is 55.2 Å². The van der Waals surface area contributed by atoms with Gasteiger partial charge in [0.05, 0.1) is 18.3 Å². The van der Waals surface area contributed by atoms with E-state index in [1.165, 1.54) is 6.33 Å². The van der Waals surface area contributed by atoms with E-state index in [-0.39, 0.29) is 12.4 Å². The van der Waals surface area contributed by atoms with Gasteiger partial charge >= 0.3 is 0 Å². The molecule has 0 saturated heterocycles. The van der Waals surface area contributed by atoms with Crippen LogP contribution in [0.5, 0.6) is 17.4 Å². The number of benzene rings is 1. The van der Waals surface area contributed by atoms with Crippen LogP contribution in [0.1, 0.15) is 26.7 Å². The number of pyridine rings is 2. The van der Waals surface area contributed by atoms with Crippen LogP contribution in [0.3, 0.4) is 0 Å². The summed E-state index contributed by atoms with van der Waals surface area (Å²) in [5, 5.41) is 4.06. The largest absolute Gasteiger partial charge is 1.00 e. The first-order valence-electron chi connectivity index (χ1n) is 10.4. The second kappa shape index (κ2) is 11.2. The van der Waals surface area contributed by atoms with Crippen molar-refractivity contribution in [3.05, 3.63) is 67.3 Å². The van der Waals surface area contributed by atoms with E-state index >= 15 is 0 Å². The molecule has 32 heavy (non-hydrogen) atoms. The Kier molecular flexibility index (Phi) is 8.16. The Labute approximate surface area is 193 Å². The van der Waals surface area contributed by atoms with Crippen molar-refractivity contribution in [2.45, 2.75) is 26.7 Å². The van der Waals surface area contributed by atoms with E-state index in [0.29, 0.717) is 35.8 Å². The normalized spacial score (nSPS) is 10.6. The molecule has 0 aliphatic heterocycles. The lowest BCUT2D eigenvalue weighted by Gasteiger charge is -2.10. The Morgan fingerprint density at radius 1 is 0.938 bits per heavy atom. The van der Waals surface area contributed by atoms with Crippen molar-refractivity contribution in [2.75, 3.05) is 11.9 Å². The first-order chi connectivity index (χ1) is 15.2. The Bertz CT molecular complexity index is 1120. The number of nitrogens with one attached hydrogen (secondary N) is 1. The maximum absolute atomic E-state index is 5.94. The quantitative estimate of drug-likeness (QED) is 0.392. The van der Waals surface area contributed by atoms with Gasteiger partial charge in [0.2, 0.25) is 5.88 Å². The van der Waals surface area contributed by atoms with Crippen LogP contribution in [0.2, 0.25) is 0 Å². The van der Waals surface area contributed by atoms with Gasteiger partial charge in [0, 0.05) is 17.6 Å². The standard InChI is InChI=1S/C24H25N5O2.ClH/c1-17(2)6-5-13-30-19-9-11-23(26-15-19)31-18-8-10-21-20(14-18)24(28-16-27-21)29-22-7-3-4-12-25-22;/h3-4,7-12,14-17H,5-6,13H2,1-2H3,(H,25,27,28,29);1H/p-1. The summed E-state index contributed by atoms with van der Waals surface area (Å²) in [6.07, 6.45) is 7.11. The second-order valence-corrected chi connectivity index (χ2v) is 7.56. The molecule has 166 valence electrons. The predicted octanol–water partition coefficient (Wildman–Crippen LogP) is 2.77. The van der Waals surface area contributed by atoms with E-state index in [1.54, 1.807) is 18.5 Å². The minimum Gasteiger partial charge on any atom is -1.00 e. The Morgan fingerprint density at radius 2 is 1.81 bits per heavy atom. The summed E-state index contributed by atoms with van der Waals surface area (Å²) in [5.41, 5.74) is 0.805. The maximum Gasteiger partial charge on any atom is 0.219 e. The Balaban J connectivity index is 0.00000289. The molecule has 0 spiro atoms. The molecule has 3 aromatic heterocycles. The monoisotopic (exact) mass is 450 g/mol. The summed E-state index contributed by atoms with van der Waals surface area (Å²) in [7, 11) is 0. The fourth-order valence-electron chi connectivity index (χ4n) is 3.07. The summed E-state index contributed by atoms with van der Waals surface area (Å²) in [4.78, 5) is 17.3. The molecular weight excluding hydrogens is 426 g/mol. The lowest BCUT2D eigenvalue weighted by molar-refractivity contribution is -0.00000766. The zero-order valence-corrected chi connectivity index (χ0v) is 18.8. The molecule has 4 rings (SSSR count). The molecule has 0 bridgehead atoms. The summed E-state index contributed by atoms with van der Waals surface area (Å²) < 4.78 is 11.7. The van der Waals surface area contributed by atoms with Gasteiger partial charge in [0.15, 0.2) is 0 Å². The molecule has 0 aliphatic rings. The number of aromatic nitrogens is 4. The van der Waals surface area contributed by atoms with Crippen molar-refractivity contribution in [1.82, 2.24) is 19.9 Å². The van der Waals surface area contributed by atoms with Crippen molar-refractivity contribution in [2.24, 2.45) is 5.92 Å². The van der Waals surface area contributed by atoms with Gasteiger partial charge in [-0.3, -0.25) is 0 Å². The molecule has 7 nitrogen and oxygen atoms in total. The highest BCUT2D eigenvalue weighted by atomic mass is 35.5. The van der Waals surface area contributed by atoms with Gasteiger partial charge in [0.1, 0.15) is 29.5 Å². The minimum atomic E-state index is 0. The van der Waals surface area contributed by atoms with E-state index in [4.69, 9.17) is 9.47 Å². The minimum absolute atomic E-state index is 0. The first-order valence-corrected chi connectivity index (χ1v) is 10.4. The number of hydrogen-bond donors (Lipinski definition) is 1. The van der Waals surface area contributed by atoms with Crippen LogP contribution in [0.4, 0.5) is 11.6 Å². The average Bonchev–Trinajstić information content (AvgIpc) is 2.79. The smallest absolute Gasteiger partial charge is 0.219 e. The Morgan fingerprint density at radius 3 is 2.56 bits per heavy atom. The third-order valence-corrected chi connectivity index (χ3v) is 4.64. The fourth-order valence-corrected chi connectivity index (χ4v) is 3.07. The highest BCUT2D eigenvalue weighted by molar-refractivity contribution is 5.91. The molecule has 8 heteroatoms. The van der Waals surface area contributed by atoms with E-state index in [2.05, 4.69) is 39.1 Å². The van der Waals surface area contributed by atoms with E-state index in [0.717, 1.165) is 29.5 Å². The highest BCUT2D eigenvalue weighted by Gasteiger charge is 2.08. The molecular formula is C24H25ClN5O2-. The zero-order chi connectivity index (χ0) is 21.5. The van der Waals surface area contributed by atoms with Gasteiger partial charge in [-0.25, -0.2) is 19.9 Å². The van der Waals surface area contributed by atoms with Gasteiger partial charge in [-0.1, -0.05) is 19.9 Å².